The predicted octanol–water partition coefficient (Wildman–Crippen LogP) is 2.91. The number of benzene rings is 1. The van der Waals surface area contributed by atoms with Gasteiger partial charge in [0.15, 0.2) is 0 Å². The van der Waals surface area contributed by atoms with Crippen LogP contribution in [0.3, 0.4) is 0 Å². The van der Waals surface area contributed by atoms with Gasteiger partial charge in [-0.05, 0) is 29.8 Å². The Hall–Kier alpha value is -1.96. The third kappa shape index (κ3) is 2.83. The molecular formula is C13H11ClN2O2. The van der Waals surface area contributed by atoms with Crippen molar-refractivity contribution >= 4 is 17.3 Å². The minimum Gasteiger partial charge on any atom is -0.449 e. The normalized spacial score (nSPS) is 10.1. The van der Waals surface area contributed by atoms with Gasteiger partial charge in [-0.3, -0.25) is 0 Å². The monoisotopic (exact) mass is 262 g/mol. The topological polar surface area (TPSA) is 69.2 Å². The van der Waals surface area contributed by atoms with Crippen molar-refractivity contribution in [1.82, 2.24) is 0 Å². The van der Waals surface area contributed by atoms with Crippen molar-refractivity contribution in [1.29, 1.82) is 5.26 Å². The molecule has 0 unspecified atom stereocenters. The minimum absolute atomic E-state index is 0.0365. The fourth-order valence-electron chi connectivity index (χ4n) is 1.52. The van der Waals surface area contributed by atoms with E-state index in [1.54, 1.807) is 30.3 Å². The zero-order chi connectivity index (χ0) is 13.0. The summed E-state index contributed by atoms with van der Waals surface area (Å²) in [5.41, 5.74) is 1.50. The molecule has 4 nitrogen and oxygen atoms in total. The smallest absolute Gasteiger partial charge is 0.203 e. The molecule has 5 heteroatoms. The first-order chi connectivity index (χ1) is 8.72. The lowest BCUT2D eigenvalue weighted by atomic mass is 10.2. The Kier molecular flexibility index (Phi) is 3.88. The quantitative estimate of drug-likeness (QED) is 0.889. The number of nitrogens with one attached hydrogen (secondary N) is 1. The van der Waals surface area contributed by atoms with E-state index in [4.69, 9.17) is 26.4 Å². The molecule has 0 fully saturated rings. The first-order valence-corrected chi connectivity index (χ1v) is 5.72. The van der Waals surface area contributed by atoms with Gasteiger partial charge in [0.25, 0.3) is 0 Å². The number of rotatable bonds is 4. The highest BCUT2D eigenvalue weighted by molar-refractivity contribution is 6.33. The van der Waals surface area contributed by atoms with E-state index in [0.29, 0.717) is 17.3 Å². The molecule has 2 rings (SSSR count). The molecule has 0 amide bonds. The van der Waals surface area contributed by atoms with Crippen molar-refractivity contribution < 1.29 is 9.52 Å². The van der Waals surface area contributed by atoms with Gasteiger partial charge in [-0.25, -0.2) is 0 Å². The van der Waals surface area contributed by atoms with Crippen LogP contribution in [0.1, 0.15) is 17.1 Å². The lowest BCUT2D eigenvalue weighted by molar-refractivity contribution is 0.282. The molecule has 0 aliphatic carbocycles. The van der Waals surface area contributed by atoms with Crippen LogP contribution in [0.4, 0.5) is 5.69 Å². The lowest BCUT2D eigenvalue weighted by Gasteiger charge is -2.08. The van der Waals surface area contributed by atoms with Crippen LogP contribution in [0.15, 0.2) is 34.7 Å². The lowest BCUT2D eigenvalue weighted by Crippen LogP contribution is -1.99. The second-order valence-electron chi connectivity index (χ2n) is 3.70. The van der Waals surface area contributed by atoms with Gasteiger partial charge >= 0.3 is 0 Å². The van der Waals surface area contributed by atoms with Crippen molar-refractivity contribution in [3.63, 3.8) is 0 Å². The Morgan fingerprint density at radius 2 is 2.17 bits per heavy atom. The number of aliphatic hydroxyl groups excluding tert-OH is 1. The average Bonchev–Trinajstić information content (AvgIpc) is 2.86. The molecule has 92 valence electrons. The van der Waals surface area contributed by atoms with Gasteiger partial charge in [-0.15, -0.1) is 0 Å². The predicted molar refractivity (Wildman–Crippen MR) is 68.1 cm³/mol. The fraction of sp³-hybridized carbons (Fsp3) is 0.154. The Balaban J connectivity index is 2.08. The van der Waals surface area contributed by atoms with Crippen molar-refractivity contribution in [2.75, 3.05) is 5.32 Å². The second kappa shape index (κ2) is 5.58. The van der Waals surface area contributed by atoms with E-state index in [0.717, 1.165) is 11.3 Å². The van der Waals surface area contributed by atoms with Gasteiger partial charge in [-0.1, -0.05) is 17.7 Å². The summed E-state index contributed by atoms with van der Waals surface area (Å²) in [6.45, 7) is 0.390. The third-order valence-corrected chi connectivity index (χ3v) is 2.77. The second-order valence-corrected chi connectivity index (χ2v) is 4.11. The SMILES string of the molecule is N#Cc1ccc(CNc2cc(CO)ccc2Cl)o1. The molecule has 0 bridgehead atoms. The van der Waals surface area contributed by atoms with Crippen LogP contribution in [-0.2, 0) is 13.2 Å². The summed E-state index contributed by atoms with van der Waals surface area (Å²) in [5.74, 6) is 0.930. The molecule has 0 aliphatic heterocycles. The van der Waals surface area contributed by atoms with E-state index >= 15 is 0 Å². The highest BCUT2D eigenvalue weighted by Crippen LogP contribution is 2.23. The molecule has 2 aromatic rings. The number of furan rings is 1. The van der Waals surface area contributed by atoms with Gasteiger partial charge in [0.1, 0.15) is 11.8 Å². The van der Waals surface area contributed by atoms with Gasteiger partial charge in [0, 0.05) is 0 Å². The highest BCUT2D eigenvalue weighted by atomic mass is 35.5. The van der Waals surface area contributed by atoms with Gasteiger partial charge < -0.3 is 14.8 Å². The maximum absolute atomic E-state index is 9.05. The molecule has 1 heterocycles. The summed E-state index contributed by atoms with van der Waals surface area (Å²) >= 11 is 6.02. The average molecular weight is 263 g/mol. The Labute approximate surface area is 109 Å². The molecule has 0 atom stereocenters. The summed E-state index contributed by atoms with van der Waals surface area (Å²) in [4.78, 5) is 0. The molecule has 0 aliphatic rings. The molecule has 18 heavy (non-hydrogen) atoms. The van der Waals surface area contributed by atoms with Crippen molar-refractivity contribution in [3.8, 4) is 6.07 Å². The van der Waals surface area contributed by atoms with E-state index in [2.05, 4.69) is 5.32 Å². The van der Waals surface area contributed by atoms with E-state index in [1.807, 2.05) is 6.07 Å². The van der Waals surface area contributed by atoms with Crippen LogP contribution in [0.2, 0.25) is 5.02 Å². The maximum Gasteiger partial charge on any atom is 0.203 e. The van der Waals surface area contributed by atoms with Crippen LogP contribution >= 0.6 is 11.6 Å². The summed E-state index contributed by atoms with van der Waals surface area (Å²) in [5, 5.41) is 21.3. The molecule has 1 aromatic heterocycles. The summed E-state index contributed by atoms with van der Waals surface area (Å²) < 4.78 is 5.23. The van der Waals surface area contributed by atoms with E-state index in [-0.39, 0.29) is 12.4 Å². The third-order valence-electron chi connectivity index (χ3n) is 2.44. The number of aliphatic hydroxyl groups is 1. The molecule has 0 spiro atoms. The van der Waals surface area contributed by atoms with Crippen molar-refractivity contribution in [3.05, 3.63) is 52.4 Å². The van der Waals surface area contributed by atoms with E-state index in [9.17, 15) is 0 Å². The van der Waals surface area contributed by atoms with E-state index in [1.165, 1.54) is 0 Å². The van der Waals surface area contributed by atoms with Gasteiger partial charge in [-0.2, -0.15) is 5.26 Å². The van der Waals surface area contributed by atoms with Crippen LogP contribution in [0, 0.1) is 11.3 Å². The van der Waals surface area contributed by atoms with Crippen LogP contribution in [0.5, 0.6) is 0 Å². The summed E-state index contributed by atoms with van der Waals surface area (Å²) in [7, 11) is 0. The first kappa shape index (κ1) is 12.5. The van der Waals surface area contributed by atoms with Crippen LogP contribution in [-0.4, -0.2) is 5.11 Å². The van der Waals surface area contributed by atoms with Crippen molar-refractivity contribution in [2.45, 2.75) is 13.2 Å². The summed E-state index contributed by atoms with van der Waals surface area (Å²) in [6.07, 6.45) is 0. The Morgan fingerprint density at radius 3 is 2.83 bits per heavy atom. The van der Waals surface area contributed by atoms with Crippen LogP contribution in [0.25, 0.3) is 0 Å². The number of nitrogens with zero attached hydrogens (tertiary/aromatic N) is 1. The van der Waals surface area contributed by atoms with E-state index < -0.39 is 0 Å². The maximum atomic E-state index is 9.05. The summed E-state index contributed by atoms with van der Waals surface area (Å²) in [6, 6.07) is 10.5. The molecule has 0 saturated carbocycles. The Bertz CT molecular complexity index is 587. The number of hydrogen-bond donors (Lipinski definition) is 2. The molecule has 1 aromatic carbocycles. The number of halogens is 1. The molecule has 0 radical (unpaired) electrons. The highest BCUT2D eigenvalue weighted by Gasteiger charge is 2.04. The number of hydrogen-bond acceptors (Lipinski definition) is 4. The largest absolute Gasteiger partial charge is 0.449 e. The van der Waals surface area contributed by atoms with Gasteiger partial charge in [0.05, 0.1) is 23.9 Å². The first-order valence-electron chi connectivity index (χ1n) is 5.35. The molecule has 0 saturated heterocycles. The zero-order valence-electron chi connectivity index (χ0n) is 9.48. The molecule has 2 N–H and O–H groups in total. The number of anilines is 1. The minimum atomic E-state index is -0.0365. The van der Waals surface area contributed by atoms with Crippen LogP contribution < -0.4 is 5.32 Å². The zero-order valence-corrected chi connectivity index (χ0v) is 10.2. The molecular weight excluding hydrogens is 252 g/mol. The van der Waals surface area contributed by atoms with Gasteiger partial charge in [0.2, 0.25) is 5.76 Å². The standard InChI is InChI=1S/C13H11ClN2O2/c14-12-4-1-9(8-17)5-13(12)16-7-11-3-2-10(6-15)18-11/h1-5,16-17H,7-8H2. The Morgan fingerprint density at radius 1 is 1.33 bits per heavy atom. The fourth-order valence-corrected chi connectivity index (χ4v) is 1.71. The number of nitriles is 1. The van der Waals surface area contributed by atoms with Crippen molar-refractivity contribution in [2.24, 2.45) is 0 Å².